The molecule has 1 rings (SSSR count). The molecule has 0 aliphatic carbocycles. The summed E-state index contributed by atoms with van der Waals surface area (Å²) >= 11 is 0. The van der Waals surface area contributed by atoms with Crippen molar-refractivity contribution in [2.75, 3.05) is 13.2 Å². The molecule has 5 unspecified atom stereocenters. The number of carboxylic acids is 1. The zero-order valence-electron chi connectivity index (χ0n) is 16.6. The molecule has 9 N–H and O–H groups in total. The third kappa shape index (κ3) is 7.93. The van der Waals surface area contributed by atoms with Gasteiger partial charge >= 0.3 is 5.97 Å². The second-order valence-corrected chi connectivity index (χ2v) is 7.02. The Morgan fingerprint density at radius 3 is 2.20 bits per heavy atom. The minimum Gasteiger partial charge on any atom is -0.480 e. The first kappa shape index (κ1) is 25.3. The number of carbonyl (C=O) groups is 5. The Balaban J connectivity index is 2.87. The van der Waals surface area contributed by atoms with Gasteiger partial charge in [0, 0.05) is 6.42 Å². The summed E-state index contributed by atoms with van der Waals surface area (Å²) in [7, 11) is 0. The van der Waals surface area contributed by atoms with Crippen molar-refractivity contribution in [1.29, 1.82) is 0 Å². The van der Waals surface area contributed by atoms with E-state index < -0.39 is 66.5 Å². The molecular formula is C17H29N5O8. The van der Waals surface area contributed by atoms with Crippen molar-refractivity contribution in [2.45, 2.75) is 62.9 Å². The van der Waals surface area contributed by atoms with Crippen LogP contribution < -0.4 is 27.0 Å². The summed E-state index contributed by atoms with van der Waals surface area (Å²) in [5.74, 6) is -4.62. The van der Waals surface area contributed by atoms with Crippen molar-refractivity contribution < 1.29 is 39.3 Å². The van der Waals surface area contributed by atoms with Gasteiger partial charge in [0.2, 0.25) is 23.6 Å². The molecule has 0 aromatic heterocycles. The molecule has 13 heteroatoms. The average molecular weight is 431 g/mol. The zero-order valence-corrected chi connectivity index (χ0v) is 16.6. The predicted octanol–water partition coefficient (Wildman–Crippen LogP) is -4.08. The molecule has 1 aliphatic rings. The van der Waals surface area contributed by atoms with Crippen LogP contribution in [-0.4, -0.2) is 88.3 Å². The molecule has 4 amide bonds. The number of hydrogen-bond acceptors (Lipinski definition) is 8. The molecule has 5 atom stereocenters. The minimum atomic E-state index is -1.62. The van der Waals surface area contributed by atoms with Gasteiger partial charge in [-0.2, -0.15) is 0 Å². The maximum atomic E-state index is 12.6. The lowest BCUT2D eigenvalue weighted by Crippen LogP contribution is -2.60. The van der Waals surface area contributed by atoms with Gasteiger partial charge in [0.15, 0.2) is 0 Å². The Morgan fingerprint density at radius 1 is 1.10 bits per heavy atom. The number of primary amides is 1. The van der Waals surface area contributed by atoms with E-state index in [9.17, 15) is 29.1 Å². The number of hydrogen-bond donors (Lipinski definition) is 8. The molecule has 1 saturated heterocycles. The molecule has 1 fully saturated rings. The van der Waals surface area contributed by atoms with Crippen molar-refractivity contribution in [3.05, 3.63) is 0 Å². The van der Waals surface area contributed by atoms with Crippen LogP contribution in [0.4, 0.5) is 0 Å². The smallest absolute Gasteiger partial charge is 0.328 e. The summed E-state index contributed by atoms with van der Waals surface area (Å²) in [4.78, 5) is 59.3. The highest BCUT2D eigenvalue weighted by Gasteiger charge is 2.33. The number of aliphatic carboxylic acids is 1. The third-order valence-corrected chi connectivity index (χ3v) is 4.55. The number of rotatable bonds is 12. The molecule has 0 aromatic rings. The van der Waals surface area contributed by atoms with E-state index in [1.807, 2.05) is 5.32 Å². The van der Waals surface area contributed by atoms with E-state index in [1.54, 1.807) is 0 Å². The highest BCUT2D eigenvalue weighted by Crippen LogP contribution is 2.07. The van der Waals surface area contributed by atoms with Crippen molar-refractivity contribution >= 4 is 29.6 Å². The van der Waals surface area contributed by atoms with Crippen LogP contribution in [0.5, 0.6) is 0 Å². The first-order chi connectivity index (χ1) is 14.1. The number of nitrogens with two attached hydrogens (primary N) is 1. The number of amides is 4. The Morgan fingerprint density at radius 2 is 1.73 bits per heavy atom. The summed E-state index contributed by atoms with van der Waals surface area (Å²) in [6.07, 6.45) is -0.502. The van der Waals surface area contributed by atoms with E-state index in [0.29, 0.717) is 13.0 Å². The Kier molecular flexibility index (Phi) is 10.1. The van der Waals surface area contributed by atoms with Crippen molar-refractivity contribution in [1.82, 2.24) is 21.3 Å². The molecule has 0 radical (unpaired) electrons. The van der Waals surface area contributed by atoms with Gasteiger partial charge in [0.25, 0.3) is 0 Å². The number of carbonyl (C=O) groups excluding carboxylic acids is 4. The number of carboxylic acid groups (broad SMARTS) is 1. The van der Waals surface area contributed by atoms with Crippen LogP contribution in [0.25, 0.3) is 0 Å². The lowest BCUT2D eigenvalue weighted by Gasteiger charge is -2.26. The first-order valence-electron chi connectivity index (χ1n) is 9.51. The number of aliphatic hydroxyl groups is 2. The molecule has 170 valence electrons. The van der Waals surface area contributed by atoms with Crippen LogP contribution >= 0.6 is 0 Å². The van der Waals surface area contributed by atoms with Gasteiger partial charge in [0.1, 0.15) is 18.1 Å². The van der Waals surface area contributed by atoms with Gasteiger partial charge in [-0.05, 0) is 32.7 Å². The lowest BCUT2D eigenvalue weighted by molar-refractivity contribution is -0.143. The molecule has 1 heterocycles. The minimum absolute atomic E-state index is 0.255. The highest BCUT2D eigenvalue weighted by molar-refractivity contribution is 5.94. The Bertz CT molecular complexity index is 650. The highest BCUT2D eigenvalue weighted by atomic mass is 16.4. The van der Waals surface area contributed by atoms with Gasteiger partial charge in [-0.25, -0.2) is 4.79 Å². The standard InChI is InChI=1S/C17H29N5O8/c1-8(24)13(22-14(26)9-3-2-6-19-9)16(28)20-10(4-5-12(18)25)15(27)21-11(7-23)17(29)30/h8-11,13,19,23-24H,2-7H2,1H3,(H2,18,25)(H,20,28)(H,21,27)(H,22,26)(H,29,30). The summed E-state index contributed by atoms with van der Waals surface area (Å²) in [6, 6.07) is -4.90. The van der Waals surface area contributed by atoms with Gasteiger partial charge in [-0.15, -0.1) is 0 Å². The van der Waals surface area contributed by atoms with E-state index in [1.165, 1.54) is 6.92 Å². The number of aliphatic hydroxyl groups excluding tert-OH is 2. The summed E-state index contributed by atoms with van der Waals surface area (Å²) in [6.45, 7) is 1.03. The largest absolute Gasteiger partial charge is 0.480 e. The van der Waals surface area contributed by atoms with Gasteiger partial charge < -0.3 is 42.3 Å². The molecule has 0 spiro atoms. The topological polar surface area (TPSA) is 220 Å². The summed E-state index contributed by atoms with van der Waals surface area (Å²) in [5, 5.41) is 37.6. The first-order valence-corrected chi connectivity index (χ1v) is 9.51. The van der Waals surface area contributed by atoms with Crippen molar-refractivity contribution in [3.63, 3.8) is 0 Å². The fourth-order valence-electron chi connectivity index (χ4n) is 2.84. The monoisotopic (exact) mass is 431 g/mol. The molecular weight excluding hydrogens is 402 g/mol. The maximum absolute atomic E-state index is 12.6. The Hall–Kier alpha value is -2.77. The van der Waals surface area contributed by atoms with Crippen LogP contribution in [0, 0.1) is 0 Å². The van der Waals surface area contributed by atoms with E-state index >= 15 is 0 Å². The Labute approximate surface area is 172 Å². The molecule has 0 aromatic carbocycles. The van der Waals surface area contributed by atoms with Gasteiger partial charge in [-0.1, -0.05) is 0 Å². The van der Waals surface area contributed by atoms with Crippen LogP contribution in [0.1, 0.15) is 32.6 Å². The molecule has 30 heavy (non-hydrogen) atoms. The van der Waals surface area contributed by atoms with E-state index in [0.717, 1.165) is 6.42 Å². The third-order valence-electron chi connectivity index (χ3n) is 4.55. The second kappa shape index (κ2) is 12.0. The van der Waals surface area contributed by atoms with Crippen LogP contribution in [0.15, 0.2) is 0 Å². The van der Waals surface area contributed by atoms with Crippen LogP contribution in [0.2, 0.25) is 0 Å². The SMILES string of the molecule is CC(O)C(NC(=O)C1CCCN1)C(=O)NC(CCC(N)=O)C(=O)NC(CO)C(=O)O. The van der Waals surface area contributed by atoms with E-state index in [2.05, 4.69) is 16.0 Å². The van der Waals surface area contributed by atoms with E-state index in [-0.39, 0.29) is 12.8 Å². The maximum Gasteiger partial charge on any atom is 0.328 e. The normalized spacial score (nSPS) is 19.8. The fraction of sp³-hybridized carbons (Fsp3) is 0.706. The molecule has 1 aliphatic heterocycles. The predicted molar refractivity (Wildman–Crippen MR) is 102 cm³/mol. The fourth-order valence-corrected chi connectivity index (χ4v) is 2.84. The second-order valence-electron chi connectivity index (χ2n) is 7.02. The van der Waals surface area contributed by atoms with Crippen molar-refractivity contribution in [3.8, 4) is 0 Å². The van der Waals surface area contributed by atoms with Gasteiger partial charge in [-0.3, -0.25) is 19.2 Å². The zero-order chi connectivity index (χ0) is 22.8. The summed E-state index contributed by atoms with van der Waals surface area (Å²) < 4.78 is 0. The molecule has 0 bridgehead atoms. The lowest BCUT2D eigenvalue weighted by atomic mass is 10.1. The molecule has 0 saturated carbocycles. The van der Waals surface area contributed by atoms with Crippen LogP contribution in [-0.2, 0) is 24.0 Å². The summed E-state index contributed by atoms with van der Waals surface area (Å²) in [5.41, 5.74) is 5.07. The van der Waals surface area contributed by atoms with Crippen molar-refractivity contribution in [2.24, 2.45) is 5.73 Å². The van der Waals surface area contributed by atoms with E-state index in [4.69, 9.17) is 15.9 Å². The number of nitrogens with one attached hydrogen (secondary N) is 4. The van der Waals surface area contributed by atoms with Gasteiger partial charge in [0.05, 0.1) is 18.8 Å². The van der Waals surface area contributed by atoms with Crippen LogP contribution in [0.3, 0.4) is 0 Å². The molecule has 13 nitrogen and oxygen atoms in total. The quantitative estimate of drug-likeness (QED) is 0.150. The average Bonchev–Trinajstić information content (AvgIpc) is 3.20.